The van der Waals surface area contributed by atoms with Crippen molar-refractivity contribution in [2.24, 2.45) is 5.10 Å². The van der Waals surface area contributed by atoms with Crippen LogP contribution in [-0.4, -0.2) is 24.7 Å². The van der Waals surface area contributed by atoms with Crippen LogP contribution in [0.25, 0.3) is 0 Å². The van der Waals surface area contributed by atoms with Crippen LogP contribution < -0.4 is 14.9 Å². The van der Waals surface area contributed by atoms with Gasteiger partial charge in [-0.2, -0.15) is 5.10 Å². The van der Waals surface area contributed by atoms with Gasteiger partial charge in [0, 0.05) is 14.5 Å². The van der Waals surface area contributed by atoms with E-state index in [0.717, 1.165) is 10.0 Å². The largest absolute Gasteiger partial charge is 0.483 e. The number of hydrogen-bond acceptors (Lipinski definition) is 5. The lowest BCUT2D eigenvalue weighted by molar-refractivity contribution is -0.123. The summed E-state index contributed by atoms with van der Waals surface area (Å²) < 4.78 is 13.0. The lowest BCUT2D eigenvalue weighted by Crippen LogP contribution is -2.24. The number of halogens is 3. The lowest BCUT2D eigenvalue weighted by atomic mass is 10.2. The van der Waals surface area contributed by atoms with Crippen LogP contribution in [0.2, 0.25) is 0 Å². The van der Waals surface area contributed by atoms with Crippen molar-refractivity contribution in [1.82, 2.24) is 5.43 Å². The molecule has 0 saturated carbocycles. The number of carbonyl (C=O) groups excluding carboxylic acids is 2. The van der Waals surface area contributed by atoms with Gasteiger partial charge in [0.25, 0.3) is 5.91 Å². The Morgan fingerprint density at radius 1 is 1.00 bits per heavy atom. The minimum absolute atomic E-state index is 0.186. The molecule has 0 atom stereocenters. The lowest BCUT2D eigenvalue weighted by Gasteiger charge is -2.11. The number of hydrogen-bond donors (Lipinski definition) is 1. The molecule has 6 nitrogen and oxygen atoms in total. The first-order valence-corrected chi connectivity index (χ1v) is 11.7. The van der Waals surface area contributed by atoms with E-state index in [4.69, 9.17) is 9.47 Å². The highest BCUT2D eigenvalue weighted by molar-refractivity contribution is 9.11. The number of amides is 1. The average Bonchev–Trinajstić information content (AvgIpc) is 2.75. The molecule has 0 bridgehead atoms. The van der Waals surface area contributed by atoms with E-state index >= 15 is 0 Å². The van der Waals surface area contributed by atoms with Crippen LogP contribution in [0.5, 0.6) is 11.5 Å². The molecule has 164 valence electrons. The second kappa shape index (κ2) is 11.4. The summed E-state index contributed by atoms with van der Waals surface area (Å²) in [5.41, 5.74) is 4.20. The van der Waals surface area contributed by atoms with Crippen molar-refractivity contribution < 1.29 is 19.1 Å². The summed E-state index contributed by atoms with van der Waals surface area (Å²) in [5, 5.41) is 3.97. The van der Waals surface area contributed by atoms with Gasteiger partial charge in [-0.25, -0.2) is 10.2 Å². The van der Waals surface area contributed by atoms with E-state index in [1.165, 1.54) is 6.21 Å². The number of para-hydroxylation sites is 1. The molecule has 9 heteroatoms. The summed E-state index contributed by atoms with van der Waals surface area (Å²) in [4.78, 5) is 24.7. The summed E-state index contributed by atoms with van der Waals surface area (Å²) in [5.74, 6) is -0.0666. The van der Waals surface area contributed by atoms with E-state index in [-0.39, 0.29) is 12.4 Å². The fourth-order valence-corrected chi connectivity index (χ4v) is 4.41. The van der Waals surface area contributed by atoms with Crippen molar-refractivity contribution in [2.45, 2.75) is 6.92 Å². The molecule has 0 fully saturated rings. The number of aryl methyl sites for hydroxylation is 1. The Hall–Kier alpha value is -2.49. The molecule has 32 heavy (non-hydrogen) atoms. The summed E-state index contributed by atoms with van der Waals surface area (Å²) in [6, 6.07) is 17.8. The van der Waals surface area contributed by atoms with Crippen molar-refractivity contribution in [2.75, 3.05) is 6.61 Å². The molecule has 3 rings (SSSR count). The maximum Gasteiger partial charge on any atom is 0.344 e. The van der Waals surface area contributed by atoms with E-state index in [0.29, 0.717) is 25.8 Å². The van der Waals surface area contributed by atoms with Gasteiger partial charge in [-0.05, 0) is 74.7 Å². The number of benzene rings is 3. The topological polar surface area (TPSA) is 77.0 Å². The molecule has 0 aromatic heterocycles. The number of esters is 1. The van der Waals surface area contributed by atoms with Crippen LogP contribution in [0.4, 0.5) is 0 Å². The standard InChI is InChI=1S/C23H17Br3N2O4/c1-14-6-2-5-9-20(14)31-13-21(29)28-27-12-15-10-16(24)11-19(26)22(15)32-23(30)17-7-3-4-8-18(17)25/h2-12H,13H2,1H3,(H,28,29). The first-order chi connectivity index (χ1) is 15.3. The molecule has 0 saturated heterocycles. The van der Waals surface area contributed by atoms with Gasteiger partial charge < -0.3 is 9.47 Å². The number of ether oxygens (including phenoxy) is 2. The maximum atomic E-state index is 12.6. The maximum absolute atomic E-state index is 12.6. The van der Waals surface area contributed by atoms with Crippen molar-refractivity contribution in [3.63, 3.8) is 0 Å². The zero-order valence-corrected chi connectivity index (χ0v) is 21.5. The Bertz CT molecular complexity index is 1180. The summed E-state index contributed by atoms with van der Waals surface area (Å²) in [6.45, 7) is 1.71. The number of nitrogens with zero attached hydrogens (tertiary/aromatic N) is 1. The van der Waals surface area contributed by atoms with Gasteiger partial charge >= 0.3 is 5.97 Å². The zero-order valence-electron chi connectivity index (χ0n) is 16.8. The SMILES string of the molecule is Cc1ccccc1OCC(=O)NN=Cc1cc(Br)cc(Br)c1OC(=O)c1ccccc1Br. The number of rotatable bonds is 7. The van der Waals surface area contributed by atoms with E-state index in [1.54, 1.807) is 42.5 Å². The molecule has 0 aliphatic rings. The van der Waals surface area contributed by atoms with E-state index in [1.807, 2.05) is 25.1 Å². The van der Waals surface area contributed by atoms with Gasteiger partial charge in [-0.3, -0.25) is 4.79 Å². The molecular formula is C23H17Br3N2O4. The molecule has 1 N–H and O–H groups in total. The third-order valence-corrected chi connectivity index (χ3v) is 5.91. The van der Waals surface area contributed by atoms with Gasteiger partial charge in [0.15, 0.2) is 12.4 Å². The molecule has 3 aromatic carbocycles. The first kappa shape index (κ1) is 24.2. The van der Waals surface area contributed by atoms with Crippen molar-refractivity contribution >= 4 is 65.9 Å². The molecule has 1 amide bonds. The highest BCUT2D eigenvalue weighted by Crippen LogP contribution is 2.33. The number of hydrazone groups is 1. The first-order valence-electron chi connectivity index (χ1n) is 9.31. The Labute approximate surface area is 210 Å². The predicted molar refractivity (Wildman–Crippen MR) is 133 cm³/mol. The molecule has 0 heterocycles. The molecule has 3 aromatic rings. The van der Waals surface area contributed by atoms with E-state index < -0.39 is 11.9 Å². The zero-order chi connectivity index (χ0) is 23.1. The monoisotopic (exact) mass is 622 g/mol. The van der Waals surface area contributed by atoms with Crippen LogP contribution in [0.1, 0.15) is 21.5 Å². The minimum atomic E-state index is -0.536. The predicted octanol–water partition coefficient (Wildman–Crippen LogP) is 6.03. The van der Waals surface area contributed by atoms with Gasteiger partial charge in [0.05, 0.1) is 16.3 Å². The van der Waals surface area contributed by atoms with Crippen LogP contribution in [0.15, 0.2) is 79.2 Å². The molecule has 0 spiro atoms. The molecule has 0 aliphatic heterocycles. The van der Waals surface area contributed by atoms with Crippen LogP contribution >= 0.6 is 47.8 Å². The molecular weight excluding hydrogens is 608 g/mol. The number of carbonyl (C=O) groups is 2. The second-order valence-corrected chi connectivity index (χ2v) is 9.15. The Morgan fingerprint density at radius 2 is 1.72 bits per heavy atom. The Kier molecular flexibility index (Phi) is 8.60. The van der Waals surface area contributed by atoms with Gasteiger partial charge in [-0.15, -0.1) is 0 Å². The van der Waals surface area contributed by atoms with Crippen LogP contribution in [-0.2, 0) is 4.79 Å². The molecule has 0 unspecified atom stereocenters. The normalized spacial score (nSPS) is 10.8. The Balaban J connectivity index is 1.70. The molecule has 0 radical (unpaired) electrons. The van der Waals surface area contributed by atoms with Crippen LogP contribution in [0, 0.1) is 6.92 Å². The second-order valence-electron chi connectivity index (χ2n) is 6.52. The highest BCUT2D eigenvalue weighted by atomic mass is 79.9. The Morgan fingerprint density at radius 3 is 2.47 bits per heavy atom. The summed E-state index contributed by atoms with van der Waals surface area (Å²) in [7, 11) is 0. The fourth-order valence-electron chi connectivity index (χ4n) is 2.63. The van der Waals surface area contributed by atoms with Gasteiger partial charge in [0.1, 0.15) is 5.75 Å². The van der Waals surface area contributed by atoms with Crippen molar-refractivity contribution in [3.8, 4) is 11.5 Å². The third kappa shape index (κ3) is 6.51. The van der Waals surface area contributed by atoms with Gasteiger partial charge in [-0.1, -0.05) is 46.3 Å². The smallest absolute Gasteiger partial charge is 0.344 e. The van der Waals surface area contributed by atoms with Crippen LogP contribution in [0.3, 0.4) is 0 Å². The highest BCUT2D eigenvalue weighted by Gasteiger charge is 2.17. The summed E-state index contributed by atoms with van der Waals surface area (Å²) in [6.07, 6.45) is 1.39. The number of nitrogens with one attached hydrogen (secondary N) is 1. The summed E-state index contributed by atoms with van der Waals surface area (Å²) >= 11 is 10.2. The van der Waals surface area contributed by atoms with Crippen molar-refractivity contribution in [1.29, 1.82) is 0 Å². The molecule has 0 aliphatic carbocycles. The van der Waals surface area contributed by atoms with Gasteiger partial charge in [0.2, 0.25) is 0 Å². The quantitative estimate of drug-likeness (QED) is 0.151. The average molecular weight is 625 g/mol. The minimum Gasteiger partial charge on any atom is -0.483 e. The van der Waals surface area contributed by atoms with Crippen molar-refractivity contribution in [3.05, 3.63) is 90.8 Å². The van der Waals surface area contributed by atoms with E-state index in [9.17, 15) is 9.59 Å². The van der Waals surface area contributed by atoms with E-state index in [2.05, 4.69) is 58.3 Å². The fraction of sp³-hybridized carbons (Fsp3) is 0.0870. The third-order valence-electron chi connectivity index (χ3n) is 4.17.